The van der Waals surface area contributed by atoms with E-state index in [4.69, 9.17) is 0 Å². The summed E-state index contributed by atoms with van der Waals surface area (Å²) in [5, 5.41) is 0. The van der Waals surface area contributed by atoms with Crippen LogP contribution in [-0.4, -0.2) is 44.2 Å². The van der Waals surface area contributed by atoms with E-state index in [1.807, 2.05) is 0 Å². The Kier molecular flexibility index (Phi) is 4.14. The second kappa shape index (κ2) is 4.80. The Morgan fingerprint density at radius 3 is 2.27 bits per heavy atom. The van der Waals surface area contributed by atoms with Crippen LogP contribution in [0.15, 0.2) is 0 Å². The minimum absolute atomic E-state index is 0.0707. The Morgan fingerprint density at radius 2 is 1.80 bits per heavy atom. The van der Waals surface area contributed by atoms with E-state index in [0.717, 1.165) is 13.1 Å². The topological polar surface area (TPSA) is 49.4 Å². The smallest absolute Gasteiger partial charge is 0.211 e. The van der Waals surface area contributed by atoms with Crippen molar-refractivity contribution in [3.05, 3.63) is 0 Å². The van der Waals surface area contributed by atoms with Crippen molar-refractivity contribution in [2.75, 3.05) is 25.4 Å². The molecule has 1 aliphatic rings. The van der Waals surface area contributed by atoms with E-state index < -0.39 is 10.0 Å². The molecule has 1 saturated heterocycles. The fraction of sp³-hybridized carbons (Fsp3) is 1.00. The summed E-state index contributed by atoms with van der Waals surface area (Å²) in [6.07, 6.45) is 2.45. The molecule has 5 heteroatoms. The van der Waals surface area contributed by atoms with Gasteiger partial charge in [-0.25, -0.2) is 13.1 Å². The van der Waals surface area contributed by atoms with Gasteiger partial charge in [-0.1, -0.05) is 0 Å². The Bertz CT molecular complexity index is 293. The quantitative estimate of drug-likeness (QED) is 0.765. The second-order valence-electron chi connectivity index (χ2n) is 4.73. The lowest BCUT2D eigenvalue weighted by molar-refractivity contribution is 0.158. The van der Waals surface area contributed by atoms with Gasteiger partial charge in [-0.15, -0.1) is 0 Å². The zero-order chi connectivity index (χ0) is 11.5. The molecule has 0 aliphatic carbocycles. The van der Waals surface area contributed by atoms with Crippen LogP contribution in [0.3, 0.4) is 0 Å². The van der Waals surface area contributed by atoms with Gasteiger partial charge in [0.25, 0.3) is 0 Å². The van der Waals surface area contributed by atoms with Crippen LogP contribution in [0.1, 0.15) is 33.6 Å². The van der Waals surface area contributed by atoms with Gasteiger partial charge >= 0.3 is 0 Å². The largest absolute Gasteiger partial charge is 0.297 e. The van der Waals surface area contributed by atoms with Crippen molar-refractivity contribution in [2.45, 2.75) is 39.2 Å². The van der Waals surface area contributed by atoms with Crippen LogP contribution >= 0.6 is 0 Å². The molecule has 1 fully saturated rings. The molecule has 0 bridgehead atoms. The minimum Gasteiger partial charge on any atom is -0.297 e. The van der Waals surface area contributed by atoms with Crippen molar-refractivity contribution in [1.82, 2.24) is 9.62 Å². The zero-order valence-corrected chi connectivity index (χ0v) is 10.7. The van der Waals surface area contributed by atoms with Crippen molar-refractivity contribution in [3.8, 4) is 0 Å². The summed E-state index contributed by atoms with van der Waals surface area (Å²) in [5.74, 6) is 0.156. The fourth-order valence-corrected chi connectivity index (χ4v) is 2.60. The van der Waals surface area contributed by atoms with Crippen molar-refractivity contribution in [3.63, 3.8) is 0 Å². The highest BCUT2D eigenvalue weighted by atomic mass is 32.2. The van der Waals surface area contributed by atoms with Crippen LogP contribution in [0.5, 0.6) is 0 Å². The second-order valence-corrected chi connectivity index (χ2v) is 6.83. The van der Waals surface area contributed by atoms with Gasteiger partial charge in [-0.3, -0.25) is 4.90 Å². The van der Waals surface area contributed by atoms with Gasteiger partial charge in [-0.05, 0) is 46.7 Å². The molecular weight excluding hydrogens is 212 g/mol. The van der Waals surface area contributed by atoms with Crippen molar-refractivity contribution in [2.24, 2.45) is 0 Å². The molecule has 1 rings (SSSR count). The number of hydrogen-bond acceptors (Lipinski definition) is 3. The number of nitrogens with one attached hydrogen (secondary N) is 1. The Hall–Kier alpha value is -0.130. The molecule has 1 heterocycles. The molecule has 0 saturated carbocycles. The molecule has 4 nitrogen and oxygen atoms in total. The first-order valence-electron chi connectivity index (χ1n) is 5.60. The van der Waals surface area contributed by atoms with Crippen molar-refractivity contribution in [1.29, 1.82) is 0 Å². The maximum absolute atomic E-state index is 11.3. The first-order valence-corrected chi connectivity index (χ1v) is 7.25. The van der Waals surface area contributed by atoms with Crippen LogP contribution in [0.2, 0.25) is 0 Å². The molecular formula is C10H22N2O2S. The third-order valence-electron chi connectivity index (χ3n) is 3.07. The summed E-state index contributed by atoms with van der Waals surface area (Å²) < 4.78 is 25.3. The molecule has 1 N–H and O–H groups in total. The summed E-state index contributed by atoms with van der Waals surface area (Å²) in [6, 6.07) is 0. The summed E-state index contributed by atoms with van der Waals surface area (Å²) in [5.41, 5.74) is -0.0707. The van der Waals surface area contributed by atoms with E-state index in [-0.39, 0.29) is 11.3 Å². The summed E-state index contributed by atoms with van der Waals surface area (Å²) in [4.78, 5) is 2.35. The molecule has 15 heavy (non-hydrogen) atoms. The molecule has 0 aromatic heterocycles. The fourth-order valence-electron chi connectivity index (χ4n) is 1.82. The predicted molar refractivity (Wildman–Crippen MR) is 62.3 cm³/mol. The predicted octanol–water partition coefficient (Wildman–Crippen LogP) is 0.800. The standard InChI is InChI=1S/C10H22N2O2S/c1-4-15(13,14)11-9-10(2,3)12-7-5-6-8-12/h11H,4-9H2,1-3H3. The van der Waals surface area contributed by atoms with Gasteiger partial charge in [0.05, 0.1) is 5.75 Å². The Balaban J connectivity index is 2.49. The van der Waals surface area contributed by atoms with E-state index in [9.17, 15) is 8.42 Å². The highest BCUT2D eigenvalue weighted by Crippen LogP contribution is 2.20. The average molecular weight is 234 g/mol. The lowest BCUT2D eigenvalue weighted by Crippen LogP contribution is -2.50. The van der Waals surface area contributed by atoms with Crippen molar-refractivity contribution < 1.29 is 8.42 Å². The van der Waals surface area contributed by atoms with E-state index in [2.05, 4.69) is 23.5 Å². The van der Waals surface area contributed by atoms with Gasteiger partial charge in [-0.2, -0.15) is 0 Å². The highest BCUT2D eigenvalue weighted by molar-refractivity contribution is 7.89. The monoisotopic (exact) mass is 234 g/mol. The van der Waals surface area contributed by atoms with E-state index >= 15 is 0 Å². The molecule has 0 aromatic rings. The van der Waals surface area contributed by atoms with Crippen molar-refractivity contribution >= 4 is 10.0 Å². The first kappa shape index (κ1) is 12.9. The third kappa shape index (κ3) is 3.74. The molecule has 1 aliphatic heterocycles. The number of hydrogen-bond donors (Lipinski definition) is 1. The van der Waals surface area contributed by atoms with Crippen LogP contribution in [0.25, 0.3) is 0 Å². The normalized spacial score (nSPS) is 19.7. The maximum Gasteiger partial charge on any atom is 0.211 e. The van der Waals surface area contributed by atoms with E-state index in [1.54, 1.807) is 6.92 Å². The zero-order valence-electron chi connectivity index (χ0n) is 9.91. The molecule has 0 unspecified atom stereocenters. The molecule has 0 atom stereocenters. The average Bonchev–Trinajstić information content (AvgIpc) is 2.69. The SMILES string of the molecule is CCS(=O)(=O)NCC(C)(C)N1CCCC1. The van der Waals surface area contributed by atoms with Gasteiger partial charge < -0.3 is 0 Å². The minimum atomic E-state index is -3.06. The van der Waals surface area contributed by atoms with Gasteiger partial charge in [0.2, 0.25) is 10.0 Å². The molecule has 0 spiro atoms. The summed E-state index contributed by atoms with van der Waals surface area (Å²) >= 11 is 0. The Morgan fingerprint density at radius 1 is 1.27 bits per heavy atom. The van der Waals surface area contributed by atoms with Gasteiger partial charge in [0, 0.05) is 12.1 Å². The molecule has 0 radical (unpaired) electrons. The molecule has 90 valence electrons. The molecule has 0 amide bonds. The number of sulfonamides is 1. The maximum atomic E-state index is 11.3. The van der Waals surface area contributed by atoms with E-state index in [0.29, 0.717) is 6.54 Å². The first-order chi connectivity index (χ1) is 6.87. The summed E-state index contributed by atoms with van der Waals surface area (Å²) in [6.45, 7) is 8.52. The number of likely N-dealkylation sites (tertiary alicyclic amines) is 1. The third-order valence-corrected chi connectivity index (χ3v) is 4.41. The number of nitrogens with zero attached hydrogens (tertiary/aromatic N) is 1. The van der Waals surface area contributed by atoms with Crippen LogP contribution < -0.4 is 4.72 Å². The number of rotatable bonds is 5. The van der Waals surface area contributed by atoms with Crippen LogP contribution in [0.4, 0.5) is 0 Å². The highest BCUT2D eigenvalue weighted by Gasteiger charge is 2.29. The lowest BCUT2D eigenvalue weighted by Gasteiger charge is -2.35. The molecule has 0 aromatic carbocycles. The lowest BCUT2D eigenvalue weighted by atomic mass is 10.0. The van der Waals surface area contributed by atoms with Gasteiger partial charge in [0.1, 0.15) is 0 Å². The Labute approximate surface area is 93.1 Å². The van der Waals surface area contributed by atoms with Crippen LogP contribution in [0, 0.1) is 0 Å². The van der Waals surface area contributed by atoms with Crippen LogP contribution in [-0.2, 0) is 10.0 Å². The van der Waals surface area contributed by atoms with Gasteiger partial charge in [0.15, 0.2) is 0 Å². The van der Waals surface area contributed by atoms with E-state index in [1.165, 1.54) is 12.8 Å². The summed E-state index contributed by atoms with van der Waals surface area (Å²) in [7, 11) is -3.06.